The van der Waals surface area contributed by atoms with Gasteiger partial charge in [0.25, 0.3) is 0 Å². The van der Waals surface area contributed by atoms with Gasteiger partial charge in [-0.25, -0.2) is 4.79 Å². The molecule has 0 radical (unpaired) electrons. The summed E-state index contributed by atoms with van der Waals surface area (Å²) < 4.78 is 10.8. The molecule has 28 heavy (non-hydrogen) atoms. The van der Waals surface area contributed by atoms with Crippen LogP contribution in [0.15, 0.2) is 61.2 Å². The third kappa shape index (κ3) is 6.73. The Hall–Kier alpha value is -2.81. The van der Waals surface area contributed by atoms with Gasteiger partial charge in [0.05, 0.1) is 6.61 Å². The molecule has 0 heterocycles. The summed E-state index contributed by atoms with van der Waals surface area (Å²) in [5.74, 6) is 0.420. The monoisotopic (exact) mass is 378 g/mol. The van der Waals surface area contributed by atoms with Crippen molar-refractivity contribution in [3.8, 4) is 16.9 Å². The van der Waals surface area contributed by atoms with E-state index in [-0.39, 0.29) is 5.97 Å². The molecule has 0 saturated heterocycles. The number of benzene rings is 2. The Labute approximate surface area is 168 Å². The Morgan fingerprint density at radius 1 is 1.07 bits per heavy atom. The van der Waals surface area contributed by atoms with Gasteiger partial charge in [-0.3, -0.25) is 0 Å². The van der Waals surface area contributed by atoms with E-state index >= 15 is 0 Å². The Kier molecular flexibility index (Phi) is 9.06. The van der Waals surface area contributed by atoms with E-state index in [4.69, 9.17) is 9.47 Å². The lowest BCUT2D eigenvalue weighted by Crippen LogP contribution is -1.99. The first kappa shape index (κ1) is 21.5. The highest BCUT2D eigenvalue weighted by Gasteiger charge is 2.08. The molecule has 0 bridgehead atoms. The van der Waals surface area contributed by atoms with Crippen molar-refractivity contribution in [3.63, 3.8) is 0 Å². The van der Waals surface area contributed by atoms with E-state index in [1.807, 2.05) is 18.2 Å². The van der Waals surface area contributed by atoms with Crippen LogP contribution in [0.2, 0.25) is 0 Å². The zero-order valence-electron chi connectivity index (χ0n) is 16.9. The fraction of sp³-hybridized carbons (Fsp3) is 0.320. The molecule has 2 aromatic carbocycles. The maximum Gasteiger partial charge on any atom is 0.330 e. The number of ether oxygens (including phenoxy) is 2. The van der Waals surface area contributed by atoms with Gasteiger partial charge < -0.3 is 9.47 Å². The first-order valence-electron chi connectivity index (χ1n) is 9.99. The highest BCUT2D eigenvalue weighted by Crippen LogP contribution is 2.32. The molecule has 2 rings (SSSR count). The summed E-state index contributed by atoms with van der Waals surface area (Å²) in [6, 6.07) is 14.6. The molecule has 0 N–H and O–H groups in total. The van der Waals surface area contributed by atoms with E-state index in [0.29, 0.717) is 13.2 Å². The van der Waals surface area contributed by atoms with E-state index in [1.165, 1.54) is 30.9 Å². The first-order chi connectivity index (χ1) is 13.7. The molecule has 0 aliphatic carbocycles. The largest absolute Gasteiger partial charge is 0.489 e. The van der Waals surface area contributed by atoms with Gasteiger partial charge in [0.1, 0.15) is 12.4 Å². The zero-order chi connectivity index (χ0) is 20.2. The lowest BCUT2D eigenvalue weighted by Gasteiger charge is -2.12. The van der Waals surface area contributed by atoms with E-state index in [2.05, 4.69) is 37.8 Å². The summed E-state index contributed by atoms with van der Waals surface area (Å²) in [5.41, 5.74) is 4.38. The predicted octanol–water partition coefficient (Wildman–Crippen LogP) is 6.23. The average Bonchev–Trinajstić information content (AvgIpc) is 2.72. The predicted molar refractivity (Wildman–Crippen MR) is 116 cm³/mol. The third-order valence-corrected chi connectivity index (χ3v) is 4.39. The number of hydrogen-bond donors (Lipinski definition) is 0. The van der Waals surface area contributed by atoms with Crippen LogP contribution in [0, 0.1) is 0 Å². The summed E-state index contributed by atoms with van der Waals surface area (Å²) in [4.78, 5) is 11.5. The fourth-order valence-electron chi connectivity index (χ4n) is 2.93. The van der Waals surface area contributed by atoms with Gasteiger partial charge in [0.2, 0.25) is 0 Å². The molecule has 0 unspecified atom stereocenters. The molecule has 2 aromatic rings. The Morgan fingerprint density at radius 3 is 2.54 bits per heavy atom. The van der Waals surface area contributed by atoms with Crippen molar-refractivity contribution in [2.24, 2.45) is 0 Å². The fourth-order valence-corrected chi connectivity index (χ4v) is 2.93. The number of unbranched alkanes of at least 4 members (excludes halogenated alkanes) is 2. The van der Waals surface area contributed by atoms with Gasteiger partial charge in [0.15, 0.2) is 0 Å². The molecule has 3 nitrogen and oxygen atoms in total. The van der Waals surface area contributed by atoms with Crippen molar-refractivity contribution >= 4 is 12.0 Å². The molecule has 0 fully saturated rings. The minimum atomic E-state index is -0.348. The van der Waals surface area contributed by atoms with Crippen LogP contribution in [-0.2, 0) is 16.0 Å². The van der Waals surface area contributed by atoms with Crippen LogP contribution in [0.3, 0.4) is 0 Å². The second-order valence-corrected chi connectivity index (χ2v) is 6.59. The molecule has 0 amide bonds. The minimum absolute atomic E-state index is 0.348. The topological polar surface area (TPSA) is 35.5 Å². The van der Waals surface area contributed by atoms with Crippen molar-refractivity contribution in [3.05, 3.63) is 72.3 Å². The van der Waals surface area contributed by atoms with E-state index in [1.54, 1.807) is 19.1 Å². The van der Waals surface area contributed by atoms with Crippen molar-refractivity contribution in [1.29, 1.82) is 0 Å². The van der Waals surface area contributed by atoms with Crippen LogP contribution in [0.1, 0.15) is 44.2 Å². The zero-order valence-corrected chi connectivity index (χ0v) is 16.9. The lowest BCUT2D eigenvalue weighted by molar-refractivity contribution is -0.137. The number of esters is 1. The van der Waals surface area contributed by atoms with Gasteiger partial charge in [-0.05, 0) is 48.6 Å². The highest BCUT2D eigenvalue weighted by molar-refractivity contribution is 5.87. The Bertz CT molecular complexity index is 788. The molecule has 0 atom stereocenters. The number of carbonyl (C=O) groups excluding carboxylic acids is 1. The smallest absolute Gasteiger partial charge is 0.330 e. The molecular weight excluding hydrogens is 348 g/mol. The molecule has 148 valence electrons. The minimum Gasteiger partial charge on any atom is -0.489 e. The highest BCUT2D eigenvalue weighted by atomic mass is 16.5. The molecule has 0 saturated carbocycles. The van der Waals surface area contributed by atoms with E-state index in [0.717, 1.165) is 28.9 Å². The maximum atomic E-state index is 11.5. The van der Waals surface area contributed by atoms with Crippen LogP contribution in [-0.4, -0.2) is 19.2 Å². The molecule has 3 heteroatoms. The average molecular weight is 379 g/mol. The van der Waals surface area contributed by atoms with Gasteiger partial charge in [0, 0.05) is 11.6 Å². The molecule has 0 aliphatic heterocycles. The third-order valence-electron chi connectivity index (χ3n) is 4.39. The van der Waals surface area contributed by atoms with Crippen LogP contribution >= 0.6 is 0 Å². The molecule has 0 spiro atoms. The van der Waals surface area contributed by atoms with Crippen LogP contribution in [0.25, 0.3) is 17.2 Å². The van der Waals surface area contributed by atoms with Gasteiger partial charge >= 0.3 is 5.97 Å². The molecule has 0 aromatic heterocycles. The second kappa shape index (κ2) is 11.8. The number of rotatable bonds is 11. The van der Waals surface area contributed by atoms with Crippen molar-refractivity contribution in [2.75, 3.05) is 13.2 Å². The first-order valence-corrected chi connectivity index (χ1v) is 9.99. The number of aryl methyl sites for hydroxylation is 1. The second-order valence-electron chi connectivity index (χ2n) is 6.59. The van der Waals surface area contributed by atoms with Crippen molar-refractivity contribution < 1.29 is 14.3 Å². The SMILES string of the molecule is C=CCOc1cc(/C=C/C(=O)OCC)ccc1-c1ccc(CCCCC)cc1. The van der Waals surface area contributed by atoms with E-state index < -0.39 is 0 Å². The number of hydrogen-bond acceptors (Lipinski definition) is 3. The summed E-state index contributed by atoms with van der Waals surface area (Å²) in [6.07, 6.45) is 9.74. The summed E-state index contributed by atoms with van der Waals surface area (Å²) in [5, 5.41) is 0. The van der Waals surface area contributed by atoms with Crippen molar-refractivity contribution in [1.82, 2.24) is 0 Å². The molecule has 0 aliphatic rings. The normalized spacial score (nSPS) is 10.8. The Balaban J connectivity index is 2.22. The van der Waals surface area contributed by atoms with Crippen LogP contribution < -0.4 is 4.74 Å². The van der Waals surface area contributed by atoms with Gasteiger partial charge in [-0.2, -0.15) is 0 Å². The lowest BCUT2D eigenvalue weighted by atomic mass is 9.99. The van der Waals surface area contributed by atoms with Crippen molar-refractivity contribution in [2.45, 2.75) is 39.5 Å². The van der Waals surface area contributed by atoms with Gasteiger partial charge in [-0.15, -0.1) is 0 Å². The molecular formula is C25H30O3. The van der Waals surface area contributed by atoms with E-state index in [9.17, 15) is 4.79 Å². The van der Waals surface area contributed by atoms with Gasteiger partial charge in [-0.1, -0.05) is 68.8 Å². The summed E-state index contributed by atoms with van der Waals surface area (Å²) in [6.45, 7) is 8.53. The number of carbonyl (C=O) groups is 1. The summed E-state index contributed by atoms with van der Waals surface area (Å²) >= 11 is 0. The summed E-state index contributed by atoms with van der Waals surface area (Å²) in [7, 11) is 0. The standard InChI is InChI=1S/C25H30O3/c1-4-7-8-9-20-10-14-22(15-11-20)23-16-12-21(13-17-25(26)27-6-3)19-24(23)28-18-5-2/h5,10-17,19H,2,4,6-9,18H2,1,3H3/b17-13+. The quantitative estimate of drug-likeness (QED) is 0.201. The Morgan fingerprint density at radius 2 is 1.86 bits per heavy atom. The van der Waals surface area contributed by atoms with Crippen LogP contribution in [0.4, 0.5) is 0 Å². The maximum absolute atomic E-state index is 11.5. The van der Waals surface area contributed by atoms with Crippen LogP contribution in [0.5, 0.6) is 5.75 Å².